The van der Waals surface area contributed by atoms with Crippen molar-refractivity contribution in [3.8, 4) is 0 Å². The minimum Gasteiger partial charge on any atom is -0.464 e. The Balaban J connectivity index is 1.68. The molecule has 1 aromatic heterocycles. The van der Waals surface area contributed by atoms with Crippen molar-refractivity contribution in [3.05, 3.63) is 69.9 Å². The number of carbonyl (C=O) groups is 1. The minimum atomic E-state index is -0.0270. The van der Waals surface area contributed by atoms with Crippen molar-refractivity contribution in [1.29, 1.82) is 0 Å². The molecule has 1 heterocycles. The van der Waals surface area contributed by atoms with Crippen molar-refractivity contribution >= 4 is 28.5 Å². The number of hydrogen-bond donors (Lipinski definition) is 1. The van der Waals surface area contributed by atoms with E-state index in [0.29, 0.717) is 18.0 Å². The van der Waals surface area contributed by atoms with Gasteiger partial charge in [-0.1, -0.05) is 23.7 Å². The fourth-order valence-corrected chi connectivity index (χ4v) is 2.64. The second kappa shape index (κ2) is 6.47. The Morgan fingerprint density at radius 3 is 2.57 bits per heavy atom. The van der Waals surface area contributed by atoms with E-state index < -0.39 is 0 Å². The summed E-state index contributed by atoms with van der Waals surface area (Å²) in [5.74, 6) is -0.0270. The number of rotatable bonds is 4. The maximum absolute atomic E-state index is 12.2. The van der Waals surface area contributed by atoms with Gasteiger partial charge in [0.05, 0.1) is 12.7 Å². The molecular formula is C19H18ClNO2. The fraction of sp³-hybridized carbons (Fsp3) is 0.211. The molecule has 4 heteroatoms. The van der Waals surface area contributed by atoms with E-state index >= 15 is 0 Å². The lowest BCUT2D eigenvalue weighted by atomic mass is 10.0. The quantitative estimate of drug-likeness (QED) is 0.763. The number of furan rings is 1. The molecule has 0 atom stereocenters. The average molecular weight is 328 g/mol. The molecule has 3 aromatic rings. The van der Waals surface area contributed by atoms with Gasteiger partial charge in [-0.2, -0.15) is 0 Å². The van der Waals surface area contributed by atoms with Gasteiger partial charge >= 0.3 is 0 Å². The number of carbonyl (C=O) groups excluding carboxylic acids is 1. The van der Waals surface area contributed by atoms with E-state index in [9.17, 15) is 4.79 Å². The minimum absolute atomic E-state index is 0.0270. The van der Waals surface area contributed by atoms with Gasteiger partial charge in [0, 0.05) is 22.5 Å². The summed E-state index contributed by atoms with van der Waals surface area (Å²) in [6.45, 7) is 4.60. The zero-order valence-electron chi connectivity index (χ0n) is 13.2. The van der Waals surface area contributed by atoms with Crippen molar-refractivity contribution in [2.24, 2.45) is 0 Å². The third-order valence-corrected chi connectivity index (χ3v) is 4.28. The first-order valence-electron chi connectivity index (χ1n) is 7.51. The highest BCUT2D eigenvalue weighted by molar-refractivity contribution is 6.30. The van der Waals surface area contributed by atoms with Gasteiger partial charge in [-0.3, -0.25) is 4.79 Å². The van der Waals surface area contributed by atoms with Crippen LogP contribution >= 0.6 is 11.6 Å². The van der Waals surface area contributed by atoms with E-state index in [0.717, 1.165) is 22.1 Å². The van der Waals surface area contributed by atoms with E-state index in [2.05, 4.69) is 25.2 Å². The third-order valence-electron chi connectivity index (χ3n) is 4.02. The van der Waals surface area contributed by atoms with E-state index in [4.69, 9.17) is 16.0 Å². The Morgan fingerprint density at radius 1 is 1.13 bits per heavy atom. The number of nitrogens with one attached hydrogen (secondary N) is 1. The SMILES string of the molecule is Cc1cc2occ(CC(=O)NCc3ccc(Cl)cc3)c2cc1C. The van der Waals surface area contributed by atoms with Crippen LogP contribution in [0.25, 0.3) is 11.0 Å². The van der Waals surface area contributed by atoms with Crippen LogP contribution in [-0.4, -0.2) is 5.91 Å². The molecule has 118 valence electrons. The van der Waals surface area contributed by atoms with Gasteiger partial charge in [0.25, 0.3) is 0 Å². The molecular weight excluding hydrogens is 310 g/mol. The van der Waals surface area contributed by atoms with Crippen molar-refractivity contribution < 1.29 is 9.21 Å². The number of halogens is 1. The van der Waals surface area contributed by atoms with Crippen molar-refractivity contribution in [3.63, 3.8) is 0 Å². The first kappa shape index (κ1) is 15.6. The van der Waals surface area contributed by atoms with Crippen LogP contribution in [0.5, 0.6) is 0 Å². The molecule has 0 fully saturated rings. The van der Waals surface area contributed by atoms with Crippen LogP contribution in [0.2, 0.25) is 5.02 Å². The number of fused-ring (bicyclic) bond motifs is 1. The van der Waals surface area contributed by atoms with Crippen molar-refractivity contribution in [2.45, 2.75) is 26.8 Å². The topological polar surface area (TPSA) is 42.2 Å². The van der Waals surface area contributed by atoms with Crippen molar-refractivity contribution in [1.82, 2.24) is 5.32 Å². The van der Waals surface area contributed by atoms with E-state index in [-0.39, 0.29) is 5.91 Å². The first-order valence-corrected chi connectivity index (χ1v) is 7.89. The van der Waals surface area contributed by atoms with E-state index in [1.54, 1.807) is 6.26 Å². The van der Waals surface area contributed by atoms with Crippen LogP contribution in [0.1, 0.15) is 22.3 Å². The lowest BCUT2D eigenvalue weighted by Gasteiger charge is -2.05. The maximum Gasteiger partial charge on any atom is 0.224 e. The van der Waals surface area contributed by atoms with Gasteiger partial charge in [-0.15, -0.1) is 0 Å². The molecule has 2 aromatic carbocycles. The van der Waals surface area contributed by atoms with E-state index in [1.165, 1.54) is 11.1 Å². The summed E-state index contributed by atoms with van der Waals surface area (Å²) in [7, 11) is 0. The van der Waals surface area contributed by atoms with Crippen LogP contribution in [-0.2, 0) is 17.8 Å². The van der Waals surface area contributed by atoms with Gasteiger partial charge in [0.2, 0.25) is 5.91 Å². The number of hydrogen-bond acceptors (Lipinski definition) is 2. The van der Waals surface area contributed by atoms with Crippen LogP contribution in [0.4, 0.5) is 0 Å². The summed E-state index contributed by atoms with van der Waals surface area (Å²) in [5.41, 5.74) is 5.14. The van der Waals surface area contributed by atoms with Crippen LogP contribution < -0.4 is 5.32 Å². The van der Waals surface area contributed by atoms with E-state index in [1.807, 2.05) is 30.3 Å². The highest BCUT2D eigenvalue weighted by Crippen LogP contribution is 2.25. The second-order valence-electron chi connectivity index (χ2n) is 5.77. The summed E-state index contributed by atoms with van der Waals surface area (Å²) in [6, 6.07) is 11.5. The number of benzene rings is 2. The normalized spacial score (nSPS) is 10.9. The molecule has 3 nitrogen and oxygen atoms in total. The summed E-state index contributed by atoms with van der Waals surface area (Å²) in [6.07, 6.45) is 1.98. The molecule has 0 spiro atoms. The Bertz CT molecular complexity index is 850. The molecule has 0 unspecified atom stereocenters. The van der Waals surface area contributed by atoms with Gasteiger partial charge < -0.3 is 9.73 Å². The molecule has 0 aliphatic carbocycles. The predicted octanol–water partition coefficient (Wildman–Crippen LogP) is 4.56. The standard InChI is InChI=1S/C19H18ClNO2/c1-12-7-17-15(11-23-18(17)8-13(12)2)9-19(22)21-10-14-3-5-16(20)6-4-14/h3-8,11H,9-10H2,1-2H3,(H,21,22). The molecule has 1 N–H and O–H groups in total. The van der Waals surface area contributed by atoms with Crippen molar-refractivity contribution in [2.75, 3.05) is 0 Å². The smallest absolute Gasteiger partial charge is 0.224 e. The van der Waals surface area contributed by atoms with Gasteiger partial charge in [0.1, 0.15) is 5.58 Å². The molecule has 0 saturated carbocycles. The summed E-state index contributed by atoms with van der Waals surface area (Å²) in [5, 5.41) is 4.62. The summed E-state index contributed by atoms with van der Waals surface area (Å²) >= 11 is 5.85. The largest absolute Gasteiger partial charge is 0.464 e. The Kier molecular flexibility index (Phi) is 4.39. The molecule has 0 radical (unpaired) electrons. The predicted molar refractivity (Wildman–Crippen MR) is 92.7 cm³/mol. The summed E-state index contributed by atoms with van der Waals surface area (Å²) < 4.78 is 5.57. The zero-order valence-corrected chi connectivity index (χ0v) is 13.9. The molecule has 1 amide bonds. The molecule has 0 bridgehead atoms. The maximum atomic E-state index is 12.2. The van der Waals surface area contributed by atoms with Crippen LogP contribution in [0, 0.1) is 13.8 Å². The third kappa shape index (κ3) is 3.57. The van der Waals surface area contributed by atoms with Crippen LogP contribution in [0.15, 0.2) is 47.1 Å². The molecule has 3 rings (SSSR count). The summed E-state index contributed by atoms with van der Waals surface area (Å²) in [4.78, 5) is 12.2. The highest BCUT2D eigenvalue weighted by Gasteiger charge is 2.11. The first-order chi connectivity index (χ1) is 11.0. The number of amides is 1. The lowest BCUT2D eigenvalue weighted by Crippen LogP contribution is -2.24. The highest BCUT2D eigenvalue weighted by atomic mass is 35.5. The van der Waals surface area contributed by atoms with Crippen LogP contribution in [0.3, 0.4) is 0 Å². The zero-order chi connectivity index (χ0) is 16.4. The number of aryl methyl sites for hydroxylation is 2. The van der Waals surface area contributed by atoms with Gasteiger partial charge in [-0.25, -0.2) is 0 Å². The molecule has 23 heavy (non-hydrogen) atoms. The average Bonchev–Trinajstić information content (AvgIpc) is 2.89. The molecule has 0 aliphatic heterocycles. The molecule has 0 aliphatic rings. The second-order valence-corrected chi connectivity index (χ2v) is 6.21. The Hall–Kier alpha value is -2.26. The van der Waals surface area contributed by atoms with Gasteiger partial charge in [-0.05, 0) is 54.8 Å². The fourth-order valence-electron chi connectivity index (χ4n) is 2.51. The lowest BCUT2D eigenvalue weighted by molar-refractivity contribution is -0.120. The monoisotopic (exact) mass is 327 g/mol. The van der Waals surface area contributed by atoms with Gasteiger partial charge in [0.15, 0.2) is 0 Å². The molecule has 0 saturated heterocycles. The Labute approximate surface area is 140 Å². The Morgan fingerprint density at radius 2 is 1.83 bits per heavy atom.